The summed E-state index contributed by atoms with van der Waals surface area (Å²) in [6.45, 7) is 0. The number of rotatable bonds is 3. The van der Waals surface area contributed by atoms with Crippen LogP contribution < -0.4 is 10.2 Å². The van der Waals surface area contributed by atoms with Crippen LogP contribution in [-0.2, 0) is 9.59 Å². The van der Waals surface area contributed by atoms with Crippen molar-refractivity contribution in [2.45, 2.75) is 44.9 Å². The smallest absolute Gasteiger partial charge is 0.270 e. The number of carbonyl (C=O) groups excluding carboxylic acids is 3. The number of methoxy groups -OCH3 is 1. The zero-order valence-electron chi connectivity index (χ0n) is 15.3. The summed E-state index contributed by atoms with van der Waals surface area (Å²) in [5.41, 5.74) is 6.51. The molecule has 0 fully saturated rings. The Morgan fingerprint density at radius 2 is 1.48 bits per heavy atom. The number of hydrazine groups is 1. The topological polar surface area (TPSA) is 75.7 Å². The van der Waals surface area contributed by atoms with Gasteiger partial charge in [0, 0.05) is 47.4 Å². The van der Waals surface area contributed by atoms with Crippen molar-refractivity contribution in [3.05, 3.63) is 52.4 Å². The Labute approximate surface area is 157 Å². The molecule has 0 unspecified atom stereocenters. The Morgan fingerprint density at radius 3 is 2.00 bits per heavy atom. The van der Waals surface area contributed by atoms with Crippen LogP contribution in [0.3, 0.4) is 0 Å². The highest BCUT2D eigenvalue weighted by Gasteiger charge is 2.37. The van der Waals surface area contributed by atoms with Crippen molar-refractivity contribution in [3.8, 4) is 5.75 Å². The molecule has 0 radical (unpaired) electrons. The van der Waals surface area contributed by atoms with Gasteiger partial charge in [0.15, 0.2) is 11.6 Å². The number of nitrogens with zero attached hydrogens (tertiary/aromatic N) is 1. The molecule has 3 aliphatic rings. The Kier molecular flexibility index (Phi) is 4.56. The van der Waals surface area contributed by atoms with Gasteiger partial charge in [0.25, 0.3) is 5.91 Å². The van der Waals surface area contributed by atoms with E-state index in [9.17, 15) is 14.4 Å². The van der Waals surface area contributed by atoms with E-state index < -0.39 is 0 Å². The molecule has 1 aliphatic heterocycles. The quantitative estimate of drug-likeness (QED) is 0.890. The van der Waals surface area contributed by atoms with Gasteiger partial charge in [-0.05, 0) is 49.9 Å². The molecule has 1 N–H and O–H groups in total. The van der Waals surface area contributed by atoms with Gasteiger partial charge in [0.2, 0.25) is 0 Å². The fraction of sp³-hybridized carbons (Fsp3) is 0.381. The van der Waals surface area contributed by atoms with Crippen molar-refractivity contribution in [2.75, 3.05) is 7.11 Å². The number of hydrogen-bond acceptors (Lipinski definition) is 5. The number of ketones is 2. The monoisotopic (exact) mass is 366 g/mol. The summed E-state index contributed by atoms with van der Waals surface area (Å²) in [5, 5.41) is 1.73. The highest BCUT2D eigenvalue weighted by molar-refractivity contribution is 6.04. The van der Waals surface area contributed by atoms with Crippen molar-refractivity contribution >= 4 is 17.5 Å². The van der Waals surface area contributed by atoms with E-state index in [0.717, 1.165) is 37.1 Å². The molecular formula is C21H22N2O4. The van der Waals surface area contributed by atoms with Crippen LogP contribution in [0.4, 0.5) is 0 Å². The van der Waals surface area contributed by atoms with Crippen molar-refractivity contribution in [1.29, 1.82) is 0 Å². The molecule has 140 valence electrons. The van der Waals surface area contributed by atoms with Crippen molar-refractivity contribution in [1.82, 2.24) is 10.4 Å². The average molecular weight is 366 g/mol. The molecule has 6 nitrogen and oxygen atoms in total. The molecule has 2 aliphatic carbocycles. The summed E-state index contributed by atoms with van der Waals surface area (Å²) < 4.78 is 5.13. The summed E-state index contributed by atoms with van der Waals surface area (Å²) in [6, 6.07) is 6.85. The Hall–Kier alpha value is -2.89. The minimum absolute atomic E-state index is 0.0878. The number of benzene rings is 1. The molecule has 0 aromatic heterocycles. The van der Waals surface area contributed by atoms with Gasteiger partial charge in [-0.1, -0.05) is 0 Å². The SMILES string of the molecule is COc1ccc(C(=O)NN2C3=C(CC4=C2CCCC4=O)C(=O)CCC3)cc1. The van der Waals surface area contributed by atoms with Gasteiger partial charge in [-0.2, -0.15) is 0 Å². The largest absolute Gasteiger partial charge is 0.497 e. The van der Waals surface area contributed by atoms with Gasteiger partial charge in [-0.15, -0.1) is 0 Å². The van der Waals surface area contributed by atoms with Crippen LogP contribution in [0.25, 0.3) is 0 Å². The number of Topliss-reactive ketones (excluding diaryl/α,β-unsaturated/α-hetero) is 2. The molecule has 0 bridgehead atoms. The Bertz CT molecular complexity index is 838. The molecular weight excluding hydrogens is 344 g/mol. The number of carbonyl (C=O) groups is 3. The van der Waals surface area contributed by atoms with Crippen LogP contribution in [0, 0.1) is 0 Å². The van der Waals surface area contributed by atoms with Crippen molar-refractivity contribution in [2.24, 2.45) is 0 Å². The van der Waals surface area contributed by atoms with Gasteiger partial charge >= 0.3 is 0 Å². The van der Waals surface area contributed by atoms with E-state index in [0.29, 0.717) is 41.7 Å². The van der Waals surface area contributed by atoms with Gasteiger partial charge in [-0.25, -0.2) is 0 Å². The Balaban J connectivity index is 1.68. The normalized spacial score (nSPS) is 19.7. The minimum atomic E-state index is -0.269. The first-order valence-electron chi connectivity index (χ1n) is 9.34. The van der Waals surface area contributed by atoms with Crippen LogP contribution in [-0.4, -0.2) is 29.6 Å². The third kappa shape index (κ3) is 3.16. The standard InChI is InChI=1S/C21H22N2O4/c1-27-14-10-8-13(9-11-14)21(26)22-23-17-4-2-6-19(24)15(17)12-16-18(23)5-3-7-20(16)25/h8-11H,2-7,12H2,1H3,(H,22,26). The van der Waals surface area contributed by atoms with Crippen LogP contribution in [0.5, 0.6) is 5.75 Å². The van der Waals surface area contributed by atoms with Crippen molar-refractivity contribution < 1.29 is 19.1 Å². The van der Waals surface area contributed by atoms with Gasteiger partial charge in [0.05, 0.1) is 7.11 Å². The number of allylic oxidation sites excluding steroid dienone is 4. The molecule has 1 aromatic carbocycles. The van der Waals surface area contributed by atoms with Gasteiger partial charge < -0.3 is 4.74 Å². The molecule has 0 saturated carbocycles. The summed E-state index contributed by atoms with van der Waals surface area (Å²) >= 11 is 0. The highest BCUT2D eigenvalue weighted by atomic mass is 16.5. The van der Waals surface area contributed by atoms with E-state index in [1.807, 2.05) is 0 Å². The lowest BCUT2D eigenvalue weighted by Gasteiger charge is -2.40. The van der Waals surface area contributed by atoms with Crippen LogP contribution in [0.15, 0.2) is 46.8 Å². The molecule has 0 spiro atoms. The maximum Gasteiger partial charge on any atom is 0.270 e. The predicted molar refractivity (Wildman–Crippen MR) is 98.7 cm³/mol. The van der Waals surface area contributed by atoms with E-state index in [2.05, 4.69) is 5.43 Å². The van der Waals surface area contributed by atoms with E-state index in [-0.39, 0.29) is 17.5 Å². The maximum atomic E-state index is 12.8. The van der Waals surface area contributed by atoms with Gasteiger partial charge in [0.1, 0.15) is 5.75 Å². The minimum Gasteiger partial charge on any atom is -0.497 e. The lowest BCUT2D eigenvalue weighted by atomic mass is 9.81. The predicted octanol–water partition coefficient (Wildman–Crippen LogP) is 3.06. The molecule has 27 heavy (non-hydrogen) atoms. The third-order valence-electron chi connectivity index (χ3n) is 5.46. The second-order valence-corrected chi connectivity index (χ2v) is 7.09. The van der Waals surface area contributed by atoms with E-state index in [1.165, 1.54) is 0 Å². The van der Waals surface area contributed by atoms with Crippen molar-refractivity contribution in [3.63, 3.8) is 0 Å². The highest BCUT2D eigenvalue weighted by Crippen LogP contribution is 2.40. The van der Waals surface area contributed by atoms with Crippen LogP contribution in [0.1, 0.15) is 55.3 Å². The summed E-state index contributed by atoms with van der Waals surface area (Å²) in [4.78, 5) is 37.7. The first-order valence-corrected chi connectivity index (χ1v) is 9.34. The Morgan fingerprint density at radius 1 is 0.926 bits per heavy atom. The molecule has 1 heterocycles. The fourth-order valence-corrected chi connectivity index (χ4v) is 4.04. The molecule has 1 aromatic rings. The second-order valence-electron chi connectivity index (χ2n) is 7.09. The number of nitrogens with one attached hydrogen (secondary N) is 1. The van der Waals surface area contributed by atoms with E-state index in [1.54, 1.807) is 36.4 Å². The fourth-order valence-electron chi connectivity index (χ4n) is 4.04. The summed E-state index contributed by atoms with van der Waals surface area (Å²) in [5.74, 6) is 0.583. The molecule has 1 amide bonds. The first-order chi connectivity index (χ1) is 13.1. The molecule has 0 saturated heterocycles. The average Bonchev–Trinajstić information content (AvgIpc) is 2.69. The summed E-state index contributed by atoms with van der Waals surface area (Å²) in [7, 11) is 1.57. The van der Waals surface area contributed by atoms with Gasteiger partial charge in [-0.3, -0.25) is 24.8 Å². The second kappa shape index (κ2) is 7.02. The third-order valence-corrected chi connectivity index (χ3v) is 5.46. The number of amides is 1. The number of hydrogen-bond donors (Lipinski definition) is 1. The maximum absolute atomic E-state index is 12.8. The van der Waals surface area contributed by atoms with Crippen LogP contribution >= 0.6 is 0 Å². The molecule has 6 heteroatoms. The van der Waals surface area contributed by atoms with E-state index >= 15 is 0 Å². The van der Waals surface area contributed by atoms with Crippen LogP contribution in [0.2, 0.25) is 0 Å². The lowest BCUT2D eigenvalue weighted by molar-refractivity contribution is -0.117. The lowest BCUT2D eigenvalue weighted by Crippen LogP contribution is -2.46. The number of ether oxygens (including phenoxy) is 1. The zero-order valence-corrected chi connectivity index (χ0v) is 15.3. The molecule has 0 atom stereocenters. The van der Waals surface area contributed by atoms with E-state index in [4.69, 9.17) is 4.74 Å². The zero-order chi connectivity index (χ0) is 19.0. The first kappa shape index (κ1) is 17.5. The summed E-state index contributed by atoms with van der Waals surface area (Å²) in [6.07, 6.45) is 4.43. The molecule has 4 rings (SSSR count).